The second-order valence-electron chi connectivity index (χ2n) is 21.1. The van der Waals surface area contributed by atoms with E-state index in [1.54, 1.807) is 48.5 Å². The minimum absolute atomic E-state index is 0.0300. The number of nitrogens with two attached hydrogens (primary N) is 1. The van der Waals surface area contributed by atoms with Crippen LogP contribution in [0.2, 0.25) is 0 Å². The van der Waals surface area contributed by atoms with Crippen LogP contribution in [0.1, 0.15) is 147 Å². The number of nitrogens with zero attached hydrogens (tertiary/aromatic N) is 2. The lowest BCUT2D eigenvalue weighted by Gasteiger charge is -2.49. The Morgan fingerprint density at radius 2 is 1.57 bits per heavy atom. The molecule has 0 bridgehead atoms. The summed E-state index contributed by atoms with van der Waals surface area (Å²) in [5.74, 6) is -4.08. The summed E-state index contributed by atoms with van der Waals surface area (Å²) in [5, 5.41) is 42.0. The van der Waals surface area contributed by atoms with Gasteiger partial charge in [-0.2, -0.15) is 0 Å². The van der Waals surface area contributed by atoms with E-state index in [1.807, 2.05) is 32.8 Å². The van der Waals surface area contributed by atoms with Crippen molar-refractivity contribution in [3.05, 3.63) is 0 Å². The Morgan fingerprint density at radius 1 is 0.910 bits per heavy atom. The van der Waals surface area contributed by atoms with Crippen molar-refractivity contribution < 1.29 is 72.4 Å². The summed E-state index contributed by atoms with van der Waals surface area (Å²) in [5.41, 5.74) is 1.17. The molecule has 3 aliphatic heterocycles. The number of hydrogen-bond donors (Lipinski definition) is 4. The molecule has 0 spiro atoms. The van der Waals surface area contributed by atoms with Gasteiger partial charge in [-0.25, -0.2) is 4.79 Å². The molecule has 67 heavy (non-hydrogen) atoms. The molecule has 4 rings (SSSR count). The highest BCUT2D eigenvalue weighted by molar-refractivity contribution is 5.88. The number of aliphatic hydroxyl groups excluding tert-OH is 1. The van der Waals surface area contributed by atoms with Gasteiger partial charge in [-0.05, 0) is 93.7 Å². The average molecular weight is 958 g/mol. The number of hydrogen-bond acceptors (Lipinski definition) is 17. The highest BCUT2D eigenvalue weighted by atomic mass is 16.7. The van der Waals surface area contributed by atoms with E-state index in [4.69, 9.17) is 48.5 Å². The molecule has 18 atom stereocenters. The van der Waals surface area contributed by atoms with E-state index in [0.717, 1.165) is 12.8 Å². The molecule has 18 nitrogen and oxygen atoms in total. The van der Waals surface area contributed by atoms with Gasteiger partial charge >= 0.3 is 18.0 Å². The fourth-order valence-electron chi connectivity index (χ4n) is 11.3. The molecule has 2 unspecified atom stereocenters. The maximum atomic E-state index is 14.6. The molecule has 0 aromatic heterocycles. The number of carbonyl (C=O) groups excluding carboxylic acids is 3. The standard InChI is InChI=1S/C49H87N3O15/c1-15-36-49(11,58)41(54)29(4)38(51-60-23-19-22-34-20-17-16-18-21-34)27(2)25-47(9,57)42(67-45-40(66-46(50)56)35(52(12)13)24-28(3)61-45)30(5)39(31(6)44(55)64-36)65-37-26-48(10,59-14)43(32(7)62-37)63-33(8)53/h27-32,34-37,39-43,45,54,57-58H,15-26H2,1-14H3,(H2,50,56)/b51-38+/t27-,28-,29-,30+,31-,32+,35+,36+,37+,39+,40-,41-,42-,43+,45?,47?,48-,49-/m1/s1. The van der Waals surface area contributed by atoms with Gasteiger partial charge in [0.25, 0.3) is 0 Å². The van der Waals surface area contributed by atoms with Crippen LogP contribution in [0, 0.1) is 29.6 Å². The van der Waals surface area contributed by atoms with E-state index in [1.165, 1.54) is 53.1 Å². The second-order valence-corrected chi connectivity index (χ2v) is 21.1. The van der Waals surface area contributed by atoms with E-state index >= 15 is 0 Å². The predicted octanol–water partition coefficient (Wildman–Crippen LogP) is 5.62. The van der Waals surface area contributed by atoms with Crippen molar-refractivity contribution in [2.45, 2.75) is 231 Å². The molecule has 3 heterocycles. The summed E-state index contributed by atoms with van der Waals surface area (Å²) in [6, 6.07) is -0.399. The lowest BCUT2D eigenvalue weighted by atomic mass is 9.73. The summed E-state index contributed by atoms with van der Waals surface area (Å²) in [6.07, 6.45) is -2.73. The molecular formula is C49H87N3O15. The van der Waals surface area contributed by atoms with Crippen LogP contribution < -0.4 is 5.73 Å². The van der Waals surface area contributed by atoms with E-state index in [-0.39, 0.29) is 25.4 Å². The summed E-state index contributed by atoms with van der Waals surface area (Å²) >= 11 is 0. The van der Waals surface area contributed by atoms with E-state index in [9.17, 15) is 29.7 Å². The number of oxime groups is 1. The average Bonchev–Trinajstić information content (AvgIpc) is 3.25. The molecule has 0 aromatic rings. The zero-order valence-electron chi connectivity index (χ0n) is 42.9. The van der Waals surface area contributed by atoms with Gasteiger partial charge in [-0.1, -0.05) is 65.0 Å². The fourth-order valence-corrected chi connectivity index (χ4v) is 11.3. The van der Waals surface area contributed by atoms with Gasteiger partial charge < -0.3 is 68.7 Å². The first kappa shape index (κ1) is 56.9. The van der Waals surface area contributed by atoms with Crippen LogP contribution in [-0.2, 0) is 52.3 Å². The quantitative estimate of drug-likeness (QED) is 0.0715. The van der Waals surface area contributed by atoms with Crippen molar-refractivity contribution in [2.24, 2.45) is 40.5 Å². The Hall–Kier alpha value is -2.68. The van der Waals surface area contributed by atoms with Gasteiger partial charge in [-0.15, -0.1) is 0 Å². The molecule has 4 aliphatic rings. The largest absolute Gasteiger partial charge is 0.459 e. The molecule has 3 saturated heterocycles. The molecule has 18 heteroatoms. The van der Waals surface area contributed by atoms with Crippen molar-refractivity contribution in [2.75, 3.05) is 27.8 Å². The van der Waals surface area contributed by atoms with Gasteiger partial charge in [0.05, 0.1) is 53.8 Å². The minimum Gasteiger partial charge on any atom is -0.459 e. The highest BCUT2D eigenvalue weighted by Crippen LogP contribution is 2.42. The Morgan fingerprint density at radius 3 is 2.15 bits per heavy atom. The van der Waals surface area contributed by atoms with Crippen LogP contribution in [0.25, 0.3) is 0 Å². The van der Waals surface area contributed by atoms with Crippen molar-refractivity contribution in [1.29, 1.82) is 0 Å². The summed E-state index contributed by atoms with van der Waals surface area (Å²) in [7, 11) is 5.19. The third-order valence-corrected chi connectivity index (χ3v) is 15.1. The number of methoxy groups -OCH3 is 1. The number of rotatable bonds is 14. The number of aliphatic hydroxyl groups is 3. The van der Waals surface area contributed by atoms with Crippen molar-refractivity contribution >= 4 is 23.7 Å². The third-order valence-electron chi connectivity index (χ3n) is 15.1. The SMILES string of the molecule is CC[C@@H]1OC(=O)[C@H](C)[C@@H](O[C@H]2C[C@@](C)(OC)[C@@H](OC(C)=O)[C@H](C)O2)[C@H](C)[C@@H](OC2O[C@H](C)C[C@H](N(C)C)[C@H]2OC(N)=O)C(C)(O)C[C@@H](C)/C(=N\OCCCC2CCCCC2)[C@@H](C)[C@@H](O)[C@]1(C)O. The topological polar surface area (TPSA) is 237 Å². The van der Waals surface area contributed by atoms with Gasteiger partial charge in [0.2, 0.25) is 0 Å². The molecule has 1 amide bonds. The number of primary amides is 1. The van der Waals surface area contributed by atoms with E-state index in [0.29, 0.717) is 24.7 Å². The number of likely N-dealkylation sites (N-methyl/N-ethyl adjacent to an activating group) is 1. The smallest absolute Gasteiger partial charge is 0.405 e. The van der Waals surface area contributed by atoms with Gasteiger partial charge in [0.1, 0.15) is 23.9 Å². The molecule has 0 aromatic carbocycles. The predicted molar refractivity (Wildman–Crippen MR) is 248 cm³/mol. The normalized spacial score (nSPS) is 42.7. The zero-order valence-corrected chi connectivity index (χ0v) is 42.9. The van der Waals surface area contributed by atoms with Crippen LogP contribution in [-0.4, -0.2) is 156 Å². The number of ether oxygens (including phenoxy) is 8. The monoisotopic (exact) mass is 958 g/mol. The number of esters is 2. The third kappa shape index (κ3) is 14.5. The summed E-state index contributed by atoms with van der Waals surface area (Å²) in [6.45, 7) is 18.8. The first-order valence-corrected chi connectivity index (χ1v) is 24.8. The first-order chi connectivity index (χ1) is 31.3. The number of amides is 1. The number of cyclic esters (lactones) is 1. The van der Waals surface area contributed by atoms with Crippen molar-refractivity contribution in [3.63, 3.8) is 0 Å². The van der Waals surface area contributed by atoms with Gasteiger partial charge in [-0.3, -0.25) is 9.59 Å². The van der Waals surface area contributed by atoms with Crippen LogP contribution in [0.3, 0.4) is 0 Å². The summed E-state index contributed by atoms with van der Waals surface area (Å²) in [4.78, 5) is 47.2. The molecule has 4 fully saturated rings. The Labute approximate surface area is 399 Å². The fraction of sp³-hybridized carbons (Fsp3) is 0.918. The molecule has 1 saturated carbocycles. The van der Waals surface area contributed by atoms with Gasteiger partial charge in [0.15, 0.2) is 24.8 Å². The Bertz CT molecular complexity index is 1630. The lowest BCUT2D eigenvalue weighted by molar-refractivity contribution is -0.318. The Kier molecular flexibility index (Phi) is 20.8. The summed E-state index contributed by atoms with van der Waals surface area (Å²) < 4.78 is 50.1. The molecule has 1 aliphatic carbocycles. The van der Waals surface area contributed by atoms with Crippen LogP contribution in [0.4, 0.5) is 4.79 Å². The highest BCUT2D eigenvalue weighted by Gasteiger charge is 2.54. The van der Waals surface area contributed by atoms with Gasteiger partial charge in [0, 0.05) is 38.2 Å². The number of carbonyl (C=O) groups is 3. The van der Waals surface area contributed by atoms with Crippen LogP contribution >= 0.6 is 0 Å². The Balaban J connectivity index is 1.86. The lowest BCUT2D eigenvalue weighted by Crippen LogP contribution is -2.62. The van der Waals surface area contributed by atoms with E-state index in [2.05, 4.69) is 5.16 Å². The molecular weight excluding hydrogens is 871 g/mol. The zero-order chi connectivity index (χ0) is 50.2. The maximum Gasteiger partial charge on any atom is 0.405 e. The minimum atomic E-state index is -1.97. The van der Waals surface area contributed by atoms with Crippen LogP contribution in [0.15, 0.2) is 5.16 Å². The maximum absolute atomic E-state index is 14.6. The second kappa shape index (κ2) is 24.4. The first-order valence-electron chi connectivity index (χ1n) is 24.8. The molecule has 0 radical (unpaired) electrons. The van der Waals surface area contributed by atoms with Crippen molar-refractivity contribution in [1.82, 2.24) is 4.90 Å². The van der Waals surface area contributed by atoms with E-state index < -0.39 is 120 Å². The van der Waals surface area contributed by atoms with Crippen LogP contribution in [0.5, 0.6) is 0 Å². The molecule has 5 N–H and O–H groups in total. The van der Waals surface area contributed by atoms with Crippen molar-refractivity contribution in [3.8, 4) is 0 Å². The molecule has 388 valence electrons.